The van der Waals surface area contributed by atoms with Gasteiger partial charge in [0.2, 0.25) is 0 Å². The average molecular weight is 331 g/mol. The molecule has 0 fully saturated rings. The maximum atomic E-state index is 11.7. The number of hydrogen-bond acceptors (Lipinski definition) is 4. The standard InChI is InChI=1S/C17H21N3O4/c1-17(2,3)24-16(23)18-10-11-6-5-7-12(8-11)14-9-13(15(21)22)19-20(14)4/h5-9H,10H2,1-4H3,(H,18,23)(H,21,22). The number of alkyl carbamates (subject to hydrolysis) is 1. The van der Waals surface area contributed by atoms with Crippen LogP contribution in [0.4, 0.5) is 4.79 Å². The number of carboxylic acid groups (broad SMARTS) is 1. The lowest BCUT2D eigenvalue weighted by Crippen LogP contribution is -2.32. The Bertz CT molecular complexity index is 759. The van der Waals surface area contributed by atoms with Crippen LogP contribution >= 0.6 is 0 Å². The molecule has 2 rings (SSSR count). The van der Waals surface area contributed by atoms with Gasteiger partial charge in [0.15, 0.2) is 5.69 Å². The van der Waals surface area contributed by atoms with E-state index < -0.39 is 17.7 Å². The first-order valence-electron chi connectivity index (χ1n) is 7.49. The Morgan fingerprint density at radius 1 is 1.29 bits per heavy atom. The molecular formula is C17H21N3O4. The summed E-state index contributed by atoms with van der Waals surface area (Å²) in [6.45, 7) is 5.72. The molecule has 1 aromatic heterocycles. The molecule has 7 heteroatoms. The van der Waals surface area contributed by atoms with E-state index in [-0.39, 0.29) is 5.69 Å². The number of carbonyl (C=O) groups excluding carboxylic acids is 1. The minimum absolute atomic E-state index is 0.00946. The Morgan fingerprint density at radius 3 is 2.58 bits per heavy atom. The molecule has 0 unspecified atom stereocenters. The van der Waals surface area contributed by atoms with E-state index in [9.17, 15) is 9.59 Å². The Balaban J connectivity index is 2.12. The molecule has 128 valence electrons. The fourth-order valence-corrected chi connectivity index (χ4v) is 2.17. The number of hydrogen-bond donors (Lipinski definition) is 2. The molecule has 1 aromatic carbocycles. The molecule has 0 aliphatic carbocycles. The first-order chi connectivity index (χ1) is 11.2. The molecular weight excluding hydrogens is 310 g/mol. The Kier molecular flexibility index (Phi) is 4.92. The molecule has 0 saturated heterocycles. The van der Waals surface area contributed by atoms with Gasteiger partial charge in [-0.1, -0.05) is 18.2 Å². The number of nitrogens with zero attached hydrogens (tertiary/aromatic N) is 2. The highest BCUT2D eigenvalue weighted by Crippen LogP contribution is 2.21. The van der Waals surface area contributed by atoms with Crippen LogP contribution in [-0.2, 0) is 18.3 Å². The third-order valence-electron chi connectivity index (χ3n) is 3.16. The first-order valence-corrected chi connectivity index (χ1v) is 7.49. The van der Waals surface area contributed by atoms with Gasteiger partial charge in [-0.25, -0.2) is 9.59 Å². The third kappa shape index (κ3) is 4.58. The van der Waals surface area contributed by atoms with E-state index in [1.54, 1.807) is 27.8 Å². The van der Waals surface area contributed by atoms with Gasteiger partial charge in [-0.3, -0.25) is 4.68 Å². The number of ether oxygens (including phenoxy) is 1. The van der Waals surface area contributed by atoms with Crippen molar-refractivity contribution in [3.05, 3.63) is 41.6 Å². The number of amides is 1. The van der Waals surface area contributed by atoms with E-state index in [0.29, 0.717) is 12.2 Å². The lowest BCUT2D eigenvalue weighted by Gasteiger charge is -2.19. The molecule has 7 nitrogen and oxygen atoms in total. The van der Waals surface area contributed by atoms with Crippen molar-refractivity contribution in [3.8, 4) is 11.3 Å². The van der Waals surface area contributed by atoms with Crippen LogP contribution in [0.5, 0.6) is 0 Å². The number of carboxylic acids is 1. The number of benzene rings is 1. The van der Waals surface area contributed by atoms with Gasteiger partial charge in [0.25, 0.3) is 0 Å². The van der Waals surface area contributed by atoms with Crippen molar-refractivity contribution in [2.75, 3.05) is 0 Å². The Hall–Kier alpha value is -2.83. The van der Waals surface area contributed by atoms with Crippen LogP contribution < -0.4 is 5.32 Å². The highest BCUT2D eigenvalue weighted by Gasteiger charge is 2.16. The number of aryl methyl sites for hydroxylation is 1. The molecule has 0 saturated carbocycles. The monoisotopic (exact) mass is 331 g/mol. The number of rotatable bonds is 4. The van der Waals surface area contributed by atoms with Gasteiger partial charge in [0, 0.05) is 19.2 Å². The summed E-state index contributed by atoms with van der Waals surface area (Å²) in [4.78, 5) is 22.7. The smallest absolute Gasteiger partial charge is 0.407 e. The second-order valence-corrected chi connectivity index (χ2v) is 6.40. The number of aromatic nitrogens is 2. The lowest BCUT2D eigenvalue weighted by molar-refractivity contribution is 0.0523. The molecule has 2 N–H and O–H groups in total. The minimum Gasteiger partial charge on any atom is -0.476 e. The number of carbonyl (C=O) groups is 2. The Morgan fingerprint density at radius 2 is 2.00 bits per heavy atom. The van der Waals surface area contributed by atoms with Crippen molar-refractivity contribution < 1.29 is 19.4 Å². The van der Waals surface area contributed by atoms with Gasteiger partial charge in [-0.15, -0.1) is 0 Å². The van der Waals surface area contributed by atoms with Crippen LogP contribution in [0.3, 0.4) is 0 Å². The molecule has 0 spiro atoms. The summed E-state index contributed by atoms with van der Waals surface area (Å²) in [6, 6.07) is 8.96. The molecule has 2 aromatic rings. The van der Waals surface area contributed by atoms with Crippen LogP contribution in [0.2, 0.25) is 0 Å². The van der Waals surface area contributed by atoms with Gasteiger partial charge in [-0.05, 0) is 38.5 Å². The SMILES string of the molecule is Cn1nc(C(=O)O)cc1-c1cccc(CNC(=O)OC(C)(C)C)c1. The lowest BCUT2D eigenvalue weighted by atomic mass is 10.1. The molecule has 1 amide bonds. The van der Waals surface area contributed by atoms with Crippen molar-refractivity contribution in [2.24, 2.45) is 7.05 Å². The minimum atomic E-state index is -1.07. The predicted octanol–water partition coefficient (Wildman–Crippen LogP) is 2.81. The van der Waals surface area contributed by atoms with Crippen LogP contribution in [0.1, 0.15) is 36.8 Å². The second-order valence-electron chi connectivity index (χ2n) is 6.40. The van der Waals surface area contributed by atoms with Crippen LogP contribution in [0.15, 0.2) is 30.3 Å². The van der Waals surface area contributed by atoms with Crippen molar-refractivity contribution in [2.45, 2.75) is 32.9 Å². The zero-order valence-corrected chi connectivity index (χ0v) is 14.2. The maximum absolute atomic E-state index is 11.7. The highest BCUT2D eigenvalue weighted by atomic mass is 16.6. The quantitative estimate of drug-likeness (QED) is 0.898. The van der Waals surface area contributed by atoms with Crippen LogP contribution in [0.25, 0.3) is 11.3 Å². The van der Waals surface area contributed by atoms with Crippen molar-refractivity contribution in [1.29, 1.82) is 0 Å². The van der Waals surface area contributed by atoms with Gasteiger partial charge >= 0.3 is 12.1 Å². The normalized spacial score (nSPS) is 11.2. The van der Waals surface area contributed by atoms with E-state index in [1.165, 1.54) is 10.7 Å². The summed E-state index contributed by atoms with van der Waals surface area (Å²) in [5, 5.41) is 15.7. The summed E-state index contributed by atoms with van der Waals surface area (Å²) in [6.07, 6.45) is -0.485. The van der Waals surface area contributed by atoms with E-state index in [1.807, 2.05) is 24.3 Å². The predicted molar refractivity (Wildman–Crippen MR) is 88.7 cm³/mol. The van der Waals surface area contributed by atoms with Crippen molar-refractivity contribution in [1.82, 2.24) is 15.1 Å². The number of nitrogens with one attached hydrogen (secondary N) is 1. The fraction of sp³-hybridized carbons (Fsp3) is 0.353. The summed E-state index contributed by atoms with van der Waals surface area (Å²) >= 11 is 0. The van der Waals surface area contributed by atoms with Crippen LogP contribution in [-0.4, -0.2) is 32.6 Å². The van der Waals surface area contributed by atoms with E-state index in [2.05, 4.69) is 10.4 Å². The zero-order valence-electron chi connectivity index (χ0n) is 14.2. The largest absolute Gasteiger partial charge is 0.476 e. The Labute approximate surface area is 140 Å². The summed E-state index contributed by atoms with van der Waals surface area (Å²) in [5.74, 6) is -1.07. The third-order valence-corrected chi connectivity index (χ3v) is 3.16. The van der Waals surface area contributed by atoms with E-state index in [0.717, 1.165) is 11.1 Å². The molecule has 0 aliphatic rings. The fourth-order valence-electron chi connectivity index (χ4n) is 2.17. The van der Waals surface area contributed by atoms with Gasteiger partial charge in [0.05, 0.1) is 5.69 Å². The molecule has 0 aliphatic heterocycles. The highest BCUT2D eigenvalue weighted by molar-refractivity contribution is 5.87. The average Bonchev–Trinajstić information content (AvgIpc) is 2.86. The van der Waals surface area contributed by atoms with Gasteiger partial charge in [-0.2, -0.15) is 5.10 Å². The summed E-state index contributed by atoms with van der Waals surface area (Å²) < 4.78 is 6.71. The molecule has 24 heavy (non-hydrogen) atoms. The molecule has 1 heterocycles. The number of aromatic carboxylic acids is 1. The van der Waals surface area contributed by atoms with Crippen LogP contribution in [0, 0.1) is 0 Å². The summed E-state index contributed by atoms with van der Waals surface area (Å²) in [7, 11) is 1.69. The molecule has 0 radical (unpaired) electrons. The van der Waals surface area contributed by atoms with Crippen molar-refractivity contribution >= 4 is 12.1 Å². The van der Waals surface area contributed by atoms with Crippen molar-refractivity contribution in [3.63, 3.8) is 0 Å². The van der Waals surface area contributed by atoms with Gasteiger partial charge in [0.1, 0.15) is 5.60 Å². The summed E-state index contributed by atoms with van der Waals surface area (Å²) in [5.41, 5.74) is 1.82. The molecule has 0 atom stereocenters. The van der Waals surface area contributed by atoms with E-state index in [4.69, 9.17) is 9.84 Å². The van der Waals surface area contributed by atoms with E-state index >= 15 is 0 Å². The maximum Gasteiger partial charge on any atom is 0.407 e. The first kappa shape index (κ1) is 17.5. The van der Waals surface area contributed by atoms with Gasteiger partial charge < -0.3 is 15.2 Å². The second kappa shape index (κ2) is 6.74. The zero-order chi connectivity index (χ0) is 17.9. The molecule has 0 bridgehead atoms. The topological polar surface area (TPSA) is 93.5 Å².